The summed E-state index contributed by atoms with van der Waals surface area (Å²) in [5, 5.41) is 4.05. The van der Waals surface area contributed by atoms with Crippen LogP contribution in [0.5, 0.6) is 17.2 Å². The van der Waals surface area contributed by atoms with Crippen LogP contribution in [-0.2, 0) is 4.79 Å². The Morgan fingerprint density at radius 3 is 2.07 bits per heavy atom. The van der Waals surface area contributed by atoms with Crippen molar-refractivity contribution < 1.29 is 19.0 Å². The molecule has 0 aliphatic carbocycles. The van der Waals surface area contributed by atoms with E-state index in [1.165, 1.54) is 6.21 Å². The van der Waals surface area contributed by atoms with Crippen molar-refractivity contribution >= 4 is 12.1 Å². The van der Waals surface area contributed by atoms with E-state index in [9.17, 15) is 4.79 Å². The van der Waals surface area contributed by atoms with Crippen LogP contribution in [-0.4, -0.2) is 25.0 Å². The number of hydrogen-bond donors (Lipinski definition) is 1. The predicted octanol–water partition coefficient (Wildman–Crippen LogP) is 4.41. The van der Waals surface area contributed by atoms with Gasteiger partial charge in [0.25, 0.3) is 0 Å². The summed E-state index contributed by atoms with van der Waals surface area (Å²) in [5.41, 5.74) is 3.24. The first-order valence-electron chi connectivity index (χ1n) is 9.74. The zero-order valence-corrected chi connectivity index (χ0v) is 16.7. The molecule has 0 radical (unpaired) electrons. The molecule has 1 amide bonds. The van der Waals surface area contributed by atoms with E-state index in [-0.39, 0.29) is 0 Å². The largest absolute Gasteiger partial charge is 0.493 e. The normalized spacial score (nSPS) is 10.7. The quantitative estimate of drug-likeness (QED) is 0.309. The van der Waals surface area contributed by atoms with Crippen LogP contribution in [0, 0.1) is 0 Å². The van der Waals surface area contributed by atoms with E-state index in [4.69, 9.17) is 14.2 Å². The van der Waals surface area contributed by atoms with Crippen molar-refractivity contribution in [1.82, 2.24) is 5.43 Å². The second-order valence-electron chi connectivity index (χ2n) is 6.31. The average Bonchev–Trinajstić information content (AvgIpc) is 2.79. The minimum Gasteiger partial charge on any atom is -0.493 e. The minimum atomic E-state index is -1.21. The molecule has 0 heterocycles. The average molecular weight is 404 g/mol. The Morgan fingerprint density at radius 1 is 0.900 bits per heavy atom. The highest BCUT2D eigenvalue weighted by molar-refractivity contribution is 5.86. The Hall–Kier alpha value is -3.80. The number of nitrogens with zero attached hydrogens (tertiary/aromatic N) is 1. The maximum atomic E-state index is 12.7. The minimum absolute atomic E-state index is 0.510. The standard InChI is InChI=1S/C24H24N2O4/c1-2-17-28-22-16-10-9-11-19(22)18-25-26-23(27)24(29-20-12-5-3-6-13-20)30-21-14-7-4-8-15-21/h3-16,18,24H,2,17H2,1H3,(H,26,27)/b25-18+. The van der Waals surface area contributed by atoms with E-state index in [1.807, 2.05) is 67.6 Å². The fourth-order valence-corrected chi connectivity index (χ4v) is 2.53. The summed E-state index contributed by atoms with van der Waals surface area (Å²) >= 11 is 0. The fraction of sp³-hybridized carbons (Fsp3) is 0.167. The molecule has 0 aliphatic rings. The number of benzene rings is 3. The fourth-order valence-electron chi connectivity index (χ4n) is 2.53. The van der Waals surface area contributed by atoms with E-state index in [1.54, 1.807) is 24.3 Å². The van der Waals surface area contributed by atoms with E-state index in [2.05, 4.69) is 10.5 Å². The topological polar surface area (TPSA) is 69.2 Å². The number of rotatable bonds is 10. The van der Waals surface area contributed by atoms with Gasteiger partial charge in [0.2, 0.25) is 0 Å². The molecule has 0 saturated carbocycles. The molecule has 154 valence electrons. The highest BCUT2D eigenvalue weighted by atomic mass is 16.7. The Balaban J connectivity index is 1.69. The molecule has 0 fully saturated rings. The number of para-hydroxylation sites is 3. The Bertz CT molecular complexity index is 904. The maximum Gasteiger partial charge on any atom is 0.323 e. The van der Waals surface area contributed by atoms with Crippen molar-refractivity contribution in [2.75, 3.05) is 6.61 Å². The first kappa shape index (κ1) is 20.9. The van der Waals surface area contributed by atoms with Gasteiger partial charge in [-0.2, -0.15) is 5.10 Å². The summed E-state index contributed by atoms with van der Waals surface area (Å²) in [7, 11) is 0. The van der Waals surface area contributed by atoms with Gasteiger partial charge in [0.05, 0.1) is 12.8 Å². The number of carbonyl (C=O) groups is 1. The molecule has 3 aromatic rings. The molecule has 1 N–H and O–H groups in total. The molecule has 0 atom stereocenters. The van der Waals surface area contributed by atoms with Gasteiger partial charge >= 0.3 is 12.2 Å². The molecule has 6 heteroatoms. The van der Waals surface area contributed by atoms with Gasteiger partial charge in [0, 0.05) is 5.56 Å². The van der Waals surface area contributed by atoms with Crippen molar-refractivity contribution in [3.63, 3.8) is 0 Å². The second kappa shape index (κ2) is 11.3. The van der Waals surface area contributed by atoms with Crippen molar-refractivity contribution in [2.45, 2.75) is 19.6 Å². The molecule has 0 aliphatic heterocycles. The zero-order chi connectivity index (χ0) is 21.0. The Kier molecular flexibility index (Phi) is 7.85. The van der Waals surface area contributed by atoms with Crippen LogP contribution in [0.3, 0.4) is 0 Å². The Morgan fingerprint density at radius 2 is 1.47 bits per heavy atom. The molecule has 6 nitrogen and oxygen atoms in total. The molecule has 3 rings (SSSR count). The van der Waals surface area contributed by atoms with Crippen molar-refractivity contribution in [3.05, 3.63) is 90.5 Å². The number of hydrazone groups is 1. The number of ether oxygens (including phenoxy) is 3. The van der Waals surface area contributed by atoms with Crippen molar-refractivity contribution in [2.24, 2.45) is 5.10 Å². The lowest BCUT2D eigenvalue weighted by Crippen LogP contribution is -2.40. The first-order valence-corrected chi connectivity index (χ1v) is 9.74. The number of nitrogens with one attached hydrogen (secondary N) is 1. The highest BCUT2D eigenvalue weighted by Gasteiger charge is 2.22. The number of hydrogen-bond acceptors (Lipinski definition) is 5. The third-order valence-electron chi connectivity index (χ3n) is 3.95. The van der Waals surface area contributed by atoms with Gasteiger partial charge in [-0.1, -0.05) is 55.5 Å². The molecule has 3 aromatic carbocycles. The van der Waals surface area contributed by atoms with Crippen LogP contribution in [0.25, 0.3) is 0 Å². The molecular formula is C24H24N2O4. The van der Waals surface area contributed by atoms with Crippen LogP contribution in [0.1, 0.15) is 18.9 Å². The third-order valence-corrected chi connectivity index (χ3v) is 3.95. The molecule has 0 bridgehead atoms. The summed E-state index contributed by atoms with van der Waals surface area (Å²) < 4.78 is 17.1. The van der Waals surface area contributed by atoms with Crippen LogP contribution in [0.2, 0.25) is 0 Å². The molecular weight excluding hydrogens is 380 g/mol. The van der Waals surface area contributed by atoms with E-state index >= 15 is 0 Å². The van der Waals surface area contributed by atoms with Gasteiger partial charge in [-0.15, -0.1) is 0 Å². The third kappa shape index (κ3) is 6.38. The zero-order valence-electron chi connectivity index (χ0n) is 16.7. The monoisotopic (exact) mass is 404 g/mol. The van der Waals surface area contributed by atoms with Gasteiger partial charge in [0.15, 0.2) is 0 Å². The summed E-state index contributed by atoms with van der Waals surface area (Å²) in [6, 6.07) is 25.5. The molecule has 0 aromatic heterocycles. The van der Waals surface area contributed by atoms with Gasteiger partial charge in [-0.3, -0.25) is 4.79 Å². The van der Waals surface area contributed by atoms with Gasteiger partial charge in [-0.05, 0) is 42.8 Å². The van der Waals surface area contributed by atoms with Gasteiger partial charge < -0.3 is 14.2 Å². The summed E-state index contributed by atoms with van der Waals surface area (Å²) in [6.45, 7) is 2.64. The van der Waals surface area contributed by atoms with Gasteiger partial charge in [0.1, 0.15) is 17.2 Å². The number of carbonyl (C=O) groups excluding carboxylic acids is 1. The summed E-state index contributed by atoms with van der Waals surface area (Å²) in [6.07, 6.45) is 1.22. The smallest absolute Gasteiger partial charge is 0.323 e. The van der Waals surface area contributed by atoms with Crippen molar-refractivity contribution in [1.29, 1.82) is 0 Å². The molecule has 30 heavy (non-hydrogen) atoms. The van der Waals surface area contributed by atoms with E-state index < -0.39 is 12.2 Å². The molecule has 0 unspecified atom stereocenters. The van der Waals surface area contributed by atoms with Crippen LogP contribution >= 0.6 is 0 Å². The molecule has 0 saturated heterocycles. The van der Waals surface area contributed by atoms with E-state index in [0.29, 0.717) is 23.9 Å². The lowest BCUT2D eigenvalue weighted by atomic mass is 10.2. The van der Waals surface area contributed by atoms with Crippen LogP contribution in [0.4, 0.5) is 0 Å². The van der Waals surface area contributed by atoms with Crippen LogP contribution < -0.4 is 19.6 Å². The lowest BCUT2D eigenvalue weighted by Gasteiger charge is -2.18. The second-order valence-corrected chi connectivity index (χ2v) is 6.31. The molecule has 0 spiro atoms. The lowest BCUT2D eigenvalue weighted by molar-refractivity contribution is -0.140. The van der Waals surface area contributed by atoms with Crippen molar-refractivity contribution in [3.8, 4) is 17.2 Å². The predicted molar refractivity (Wildman–Crippen MR) is 116 cm³/mol. The van der Waals surface area contributed by atoms with Crippen LogP contribution in [0.15, 0.2) is 90.0 Å². The first-order chi connectivity index (χ1) is 14.8. The summed E-state index contributed by atoms with van der Waals surface area (Å²) in [5.74, 6) is 1.19. The number of amides is 1. The SMILES string of the molecule is CCCOc1ccccc1/C=N/NC(=O)C(Oc1ccccc1)Oc1ccccc1. The maximum absolute atomic E-state index is 12.7. The summed E-state index contributed by atoms with van der Waals surface area (Å²) in [4.78, 5) is 12.7. The van der Waals surface area contributed by atoms with E-state index in [0.717, 1.165) is 12.0 Å². The highest BCUT2D eigenvalue weighted by Crippen LogP contribution is 2.17. The van der Waals surface area contributed by atoms with Gasteiger partial charge in [-0.25, -0.2) is 5.43 Å². The Labute approximate surface area is 176 Å².